The van der Waals surface area contributed by atoms with E-state index >= 15 is 0 Å². The van der Waals surface area contributed by atoms with Gasteiger partial charge >= 0.3 is 0 Å². The van der Waals surface area contributed by atoms with E-state index in [1.807, 2.05) is 0 Å². The van der Waals surface area contributed by atoms with Gasteiger partial charge in [0.15, 0.2) is 5.82 Å². The van der Waals surface area contributed by atoms with E-state index in [2.05, 4.69) is 20.7 Å². The lowest BCUT2D eigenvalue weighted by Crippen LogP contribution is -2.11. The van der Waals surface area contributed by atoms with Crippen LogP contribution in [0.5, 0.6) is 0 Å². The van der Waals surface area contributed by atoms with Gasteiger partial charge in [-0.1, -0.05) is 17.7 Å². The fraction of sp³-hybridized carbons (Fsp3) is 0.0909. The van der Waals surface area contributed by atoms with Gasteiger partial charge in [-0.3, -0.25) is 5.43 Å². The zero-order valence-corrected chi connectivity index (χ0v) is 10.3. The highest BCUT2D eigenvalue weighted by molar-refractivity contribution is 6.31. The van der Waals surface area contributed by atoms with Gasteiger partial charge in [0.25, 0.3) is 0 Å². The average Bonchev–Trinajstić information content (AvgIpc) is 2.37. The van der Waals surface area contributed by atoms with Crippen LogP contribution in [-0.2, 0) is 0 Å². The molecule has 2 rings (SSSR count). The minimum atomic E-state index is -0.528. The van der Waals surface area contributed by atoms with Crippen LogP contribution >= 0.6 is 11.6 Å². The predicted molar refractivity (Wildman–Crippen MR) is 69.3 cm³/mol. The van der Waals surface area contributed by atoms with E-state index in [-0.39, 0.29) is 16.7 Å². The number of hydrogen-bond acceptors (Lipinski definition) is 5. The Balaban J connectivity index is 2.36. The first-order valence-corrected chi connectivity index (χ1v) is 5.51. The molecule has 0 radical (unpaired) electrons. The van der Waals surface area contributed by atoms with Crippen molar-refractivity contribution in [3.05, 3.63) is 40.8 Å². The van der Waals surface area contributed by atoms with Crippen LogP contribution in [0.2, 0.25) is 5.02 Å². The first-order chi connectivity index (χ1) is 8.61. The summed E-state index contributed by atoms with van der Waals surface area (Å²) in [6.07, 6.45) is 1.58. The third-order valence-electron chi connectivity index (χ3n) is 2.31. The second-order valence-corrected chi connectivity index (χ2v) is 4.00. The van der Waals surface area contributed by atoms with Crippen molar-refractivity contribution in [2.75, 3.05) is 10.7 Å². The quantitative estimate of drug-likeness (QED) is 0.589. The zero-order chi connectivity index (χ0) is 13.1. The monoisotopic (exact) mass is 267 g/mol. The van der Waals surface area contributed by atoms with Gasteiger partial charge in [0.05, 0.1) is 10.7 Å². The maximum atomic E-state index is 13.7. The molecule has 2 aromatic rings. The maximum Gasteiger partial charge on any atom is 0.239 e. The van der Waals surface area contributed by atoms with Crippen molar-refractivity contribution in [2.45, 2.75) is 6.92 Å². The molecule has 94 valence electrons. The van der Waals surface area contributed by atoms with Gasteiger partial charge in [0.1, 0.15) is 5.82 Å². The second kappa shape index (κ2) is 5.16. The third-order valence-corrected chi connectivity index (χ3v) is 2.60. The first-order valence-electron chi connectivity index (χ1n) is 5.13. The van der Waals surface area contributed by atoms with Gasteiger partial charge < -0.3 is 5.32 Å². The summed E-state index contributed by atoms with van der Waals surface area (Å²) in [6, 6.07) is 4.69. The van der Waals surface area contributed by atoms with Gasteiger partial charge in [-0.2, -0.15) is 4.98 Å². The smallest absolute Gasteiger partial charge is 0.239 e. The van der Waals surface area contributed by atoms with E-state index in [0.717, 1.165) is 5.56 Å². The standard InChI is InChI=1S/C11H11ClFN5/c1-6-5-15-11(18-14)17-10(6)16-8-4-2-3-7(12)9(8)13/h2-5H,14H2,1H3,(H2,15,16,17,18). The number of rotatable bonds is 3. The van der Waals surface area contributed by atoms with Crippen LogP contribution in [0.4, 0.5) is 21.8 Å². The Kier molecular flexibility index (Phi) is 3.59. The van der Waals surface area contributed by atoms with E-state index in [1.165, 1.54) is 6.07 Å². The van der Waals surface area contributed by atoms with E-state index in [9.17, 15) is 4.39 Å². The highest BCUT2D eigenvalue weighted by Crippen LogP contribution is 2.25. The highest BCUT2D eigenvalue weighted by atomic mass is 35.5. The van der Waals surface area contributed by atoms with Crippen molar-refractivity contribution in [2.24, 2.45) is 5.84 Å². The van der Waals surface area contributed by atoms with Crippen LogP contribution in [0.3, 0.4) is 0 Å². The van der Waals surface area contributed by atoms with Crippen LogP contribution < -0.4 is 16.6 Å². The van der Waals surface area contributed by atoms with Gasteiger partial charge in [0, 0.05) is 11.8 Å². The van der Waals surface area contributed by atoms with Gasteiger partial charge in [-0.05, 0) is 19.1 Å². The highest BCUT2D eigenvalue weighted by Gasteiger charge is 2.09. The number of aryl methyl sites for hydroxylation is 1. The molecule has 0 aliphatic heterocycles. The summed E-state index contributed by atoms with van der Waals surface area (Å²) >= 11 is 5.70. The fourth-order valence-electron chi connectivity index (χ4n) is 1.37. The van der Waals surface area contributed by atoms with Gasteiger partial charge in [-0.25, -0.2) is 15.2 Å². The van der Waals surface area contributed by atoms with Crippen LogP contribution in [0.15, 0.2) is 24.4 Å². The molecule has 0 saturated carbocycles. The molecule has 0 spiro atoms. The Labute approximate surface area is 108 Å². The van der Waals surface area contributed by atoms with Crippen LogP contribution in [0.25, 0.3) is 0 Å². The van der Waals surface area contributed by atoms with Gasteiger partial charge in [0.2, 0.25) is 5.95 Å². The lowest BCUT2D eigenvalue weighted by molar-refractivity contribution is 0.632. The molecule has 5 nitrogen and oxygen atoms in total. The van der Waals surface area contributed by atoms with E-state index in [0.29, 0.717) is 5.82 Å². The number of benzene rings is 1. The Morgan fingerprint density at radius 3 is 2.89 bits per heavy atom. The molecule has 1 aromatic heterocycles. The number of nitrogens with zero attached hydrogens (tertiary/aromatic N) is 2. The average molecular weight is 268 g/mol. The minimum Gasteiger partial charge on any atom is -0.337 e. The number of halogens is 2. The van der Waals surface area contributed by atoms with E-state index in [4.69, 9.17) is 17.4 Å². The molecule has 18 heavy (non-hydrogen) atoms. The zero-order valence-electron chi connectivity index (χ0n) is 9.54. The molecule has 7 heteroatoms. The molecule has 4 N–H and O–H groups in total. The number of nitrogens with two attached hydrogens (primary N) is 1. The molecule has 0 aliphatic rings. The molecular formula is C11H11ClFN5. The Hall–Kier alpha value is -1.92. The molecule has 0 aliphatic carbocycles. The third kappa shape index (κ3) is 2.49. The summed E-state index contributed by atoms with van der Waals surface area (Å²) < 4.78 is 13.7. The molecule has 0 fully saturated rings. The van der Waals surface area contributed by atoms with Crippen LogP contribution in [-0.4, -0.2) is 9.97 Å². The number of nitrogens with one attached hydrogen (secondary N) is 2. The largest absolute Gasteiger partial charge is 0.337 e. The van der Waals surface area contributed by atoms with Crippen molar-refractivity contribution in [3.63, 3.8) is 0 Å². The summed E-state index contributed by atoms with van der Waals surface area (Å²) in [5.74, 6) is 5.39. The number of hydrogen-bond donors (Lipinski definition) is 3. The number of hydrazine groups is 1. The molecule has 0 saturated heterocycles. The maximum absolute atomic E-state index is 13.7. The number of aromatic nitrogens is 2. The molecule has 1 aromatic carbocycles. The van der Waals surface area contributed by atoms with Crippen molar-refractivity contribution >= 4 is 29.1 Å². The molecule has 0 bridgehead atoms. The van der Waals surface area contributed by atoms with Crippen LogP contribution in [0.1, 0.15) is 5.56 Å². The van der Waals surface area contributed by atoms with Crippen molar-refractivity contribution < 1.29 is 4.39 Å². The summed E-state index contributed by atoms with van der Waals surface area (Å²) in [7, 11) is 0. The number of anilines is 3. The van der Waals surface area contributed by atoms with Crippen molar-refractivity contribution in [3.8, 4) is 0 Å². The number of nitrogen functional groups attached to an aromatic ring is 1. The topological polar surface area (TPSA) is 75.9 Å². The summed E-state index contributed by atoms with van der Waals surface area (Å²) in [4.78, 5) is 8.02. The molecule has 1 heterocycles. The van der Waals surface area contributed by atoms with Crippen molar-refractivity contribution in [1.82, 2.24) is 9.97 Å². The molecule has 0 atom stereocenters. The van der Waals surface area contributed by atoms with E-state index in [1.54, 1.807) is 25.3 Å². The first kappa shape index (κ1) is 12.5. The Bertz CT molecular complexity index is 575. The Morgan fingerprint density at radius 1 is 1.39 bits per heavy atom. The lowest BCUT2D eigenvalue weighted by Gasteiger charge is -2.10. The van der Waals surface area contributed by atoms with Crippen molar-refractivity contribution in [1.29, 1.82) is 0 Å². The van der Waals surface area contributed by atoms with E-state index < -0.39 is 5.82 Å². The summed E-state index contributed by atoms with van der Waals surface area (Å²) in [6.45, 7) is 1.80. The summed E-state index contributed by atoms with van der Waals surface area (Å²) in [5.41, 5.74) is 3.32. The second-order valence-electron chi connectivity index (χ2n) is 3.60. The SMILES string of the molecule is Cc1cnc(NN)nc1Nc1cccc(Cl)c1F. The lowest BCUT2D eigenvalue weighted by atomic mass is 10.3. The van der Waals surface area contributed by atoms with Gasteiger partial charge in [-0.15, -0.1) is 0 Å². The molecular weight excluding hydrogens is 257 g/mol. The fourth-order valence-corrected chi connectivity index (χ4v) is 1.54. The van der Waals surface area contributed by atoms with Crippen LogP contribution in [0, 0.1) is 12.7 Å². The molecule has 0 amide bonds. The normalized spacial score (nSPS) is 10.2. The molecule has 0 unspecified atom stereocenters. The minimum absolute atomic E-state index is 0.0453. The predicted octanol–water partition coefficient (Wildman–Crippen LogP) is 2.61. The summed E-state index contributed by atoms with van der Waals surface area (Å²) in [5, 5.41) is 2.90. The Morgan fingerprint density at radius 2 is 2.17 bits per heavy atom.